The number of nitrogens with zero attached hydrogens (tertiary/aromatic N) is 1. The summed E-state index contributed by atoms with van der Waals surface area (Å²) in [6.07, 6.45) is 1.39. The van der Waals surface area contributed by atoms with Crippen molar-refractivity contribution in [3.05, 3.63) is 28.4 Å². The standard InChI is InChI=1S/C5H6N2O.C2H6/c1-4-2-5(8)7-3-6-4;1-2/h2-3H,1H3,(H,6,7,8);1-2H3. The molecule has 0 bridgehead atoms. The minimum Gasteiger partial charge on any atom is -0.313 e. The quantitative estimate of drug-likeness (QED) is 0.586. The van der Waals surface area contributed by atoms with E-state index >= 15 is 0 Å². The third-order valence-corrected chi connectivity index (χ3v) is 0.815. The number of rotatable bonds is 0. The van der Waals surface area contributed by atoms with Crippen molar-refractivity contribution >= 4 is 0 Å². The van der Waals surface area contributed by atoms with Gasteiger partial charge in [-0.1, -0.05) is 13.8 Å². The summed E-state index contributed by atoms with van der Waals surface area (Å²) in [6.45, 7) is 5.77. The van der Waals surface area contributed by atoms with Gasteiger partial charge in [-0.15, -0.1) is 0 Å². The van der Waals surface area contributed by atoms with Crippen molar-refractivity contribution in [2.24, 2.45) is 0 Å². The van der Waals surface area contributed by atoms with E-state index in [0.717, 1.165) is 5.69 Å². The summed E-state index contributed by atoms with van der Waals surface area (Å²) in [5.74, 6) is 0. The maximum absolute atomic E-state index is 10.4. The van der Waals surface area contributed by atoms with Gasteiger partial charge in [0.1, 0.15) is 0 Å². The molecule has 0 amide bonds. The molecule has 0 saturated carbocycles. The Bertz CT molecular complexity index is 229. The maximum Gasteiger partial charge on any atom is 0.250 e. The molecule has 3 heteroatoms. The first kappa shape index (κ1) is 8.88. The summed E-state index contributed by atoms with van der Waals surface area (Å²) in [5.41, 5.74) is 0.645. The molecule has 0 radical (unpaired) electrons. The molecule has 0 atom stereocenters. The number of aryl methyl sites for hydroxylation is 1. The molecule has 0 spiro atoms. The molecule has 1 aromatic heterocycles. The molecule has 1 N–H and O–H groups in total. The smallest absolute Gasteiger partial charge is 0.250 e. The second kappa shape index (κ2) is 4.73. The Kier molecular flexibility index (Phi) is 4.20. The molecule has 56 valence electrons. The second-order valence-corrected chi connectivity index (χ2v) is 1.55. The molecule has 0 aliphatic carbocycles. The Morgan fingerprint density at radius 2 is 2.10 bits per heavy atom. The van der Waals surface area contributed by atoms with E-state index in [4.69, 9.17) is 0 Å². The molecule has 1 aromatic rings. The Hall–Kier alpha value is -1.12. The Morgan fingerprint density at radius 1 is 1.50 bits per heavy atom. The molecule has 0 unspecified atom stereocenters. The summed E-state index contributed by atoms with van der Waals surface area (Å²) in [5, 5.41) is 0. The van der Waals surface area contributed by atoms with E-state index in [1.54, 1.807) is 6.92 Å². The van der Waals surface area contributed by atoms with E-state index in [0.29, 0.717) is 0 Å². The lowest BCUT2D eigenvalue weighted by atomic mass is 10.5. The molecule has 0 aliphatic heterocycles. The molecule has 3 nitrogen and oxygen atoms in total. The summed E-state index contributed by atoms with van der Waals surface area (Å²) in [6, 6.07) is 1.44. The highest BCUT2D eigenvalue weighted by atomic mass is 16.1. The monoisotopic (exact) mass is 140 g/mol. The molecular formula is C7H12N2O. The summed E-state index contributed by atoms with van der Waals surface area (Å²) in [4.78, 5) is 16.6. The number of hydrogen-bond acceptors (Lipinski definition) is 2. The van der Waals surface area contributed by atoms with E-state index in [-0.39, 0.29) is 5.56 Å². The van der Waals surface area contributed by atoms with E-state index in [2.05, 4.69) is 9.97 Å². The molecule has 0 saturated heterocycles. The average Bonchev–Trinajstić information content (AvgIpc) is 1.91. The Morgan fingerprint density at radius 3 is 2.40 bits per heavy atom. The van der Waals surface area contributed by atoms with Gasteiger partial charge in [0.2, 0.25) is 0 Å². The Balaban J connectivity index is 0.000000371. The molecule has 10 heavy (non-hydrogen) atoms. The normalized spacial score (nSPS) is 7.90. The fraction of sp³-hybridized carbons (Fsp3) is 0.429. The fourth-order valence-electron chi connectivity index (χ4n) is 0.466. The molecule has 1 heterocycles. The number of aromatic nitrogens is 2. The lowest BCUT2D eigenvalue weighted by molar-refractivity contribution is 1.06. The number of aromatic amines is 1. The lowest BCUT2D eigenvalue weighted by Gasteiger charge is -1.83. The SMILES string of the molecule is CC.Cc1cc(=O)[nH]cn1. The van der Waals surface area contributed by atoms with Gasteiger partial charge < -0.3 is 4.98 Å². The first-order chi connectivity index (χ1) is 4.79. The van der Waals surface area contributed by atoms with E-state index < -0.39 is 0 Å². The van der Waals surface area contributed by atoms with Crippen LogP contribution in [0.1, 0.15) is 19.5 Å². The van der Waals surface area contributed by atoms with Crippen molar-refractivity contribution in [3.63, 3.8) is 0 Å². The first-order valence-electron chi connectivity index (χ1n) is 3.30. The highest BCUT2D eigenvalue weighted by molar-refractivity contribution is 4.93. The van der Waals surface area contributed by atoms with Gasteiger partial charge in [0.15, 0.2) is 0 Å². The maximum atomic E-state index is 10.4. The van der Waals surface area contributed by atoms with Crippen LogP contribution in [-0.2, 0) is 0 Å². The van der Waals surface area contributed by atoms with Gasteiger partial charge in [-0.25, -0.2) is 4.98 Å². The summed E-state index contributed by atoms with van der Waals surface area (Å²) in [7, 11) is 0. The van der Waals surface area contributed by atoms with Crippen LogP contribution in [0, 0.1) is 6.92 Å². The second-order valence-electron chi connectivity index (χ2n) is 1.55. The van der Waals surface area contributed by atoms with Crippen molar-refractivity contribution < 1.29 is 0 Å². The third kappa shape index (κ3) is 3.02. The number of H-pyrrole nitrogens is 1. The average molecular weight is 140 g/mol. The van der Waals surface area contributed by atoms with Crippen molar-refractivity contribution in [2.45, 2.75) is 20.8 Å². The predicted molar refractivity (Wildman–Crippen MR) is 40.9 cm³/mol. The zero-order chi connectivity index (χ0) is 7.98. The highest BCUT2D eigenvalue weighted by Gasteiger charge is 1.81. The van der Waals surface area contributed by atoms with Crippen molar-refractivity contribution in [2.75, 3.05) is 0 Å². The van der Waals surface area contributed by atoms with Gasteiger partial charge in [-0.05, 0) is 6.92 Å². The predicted octanol–water partition coefficient (Wildman–Crippen LogP) is 1.10. The Labute approximate surface area is 60.1 Å². The van der Waals surface area contributed by atoms with Gasteiger partial charge in [0.05, 0.1) is 6.33 Å². The van der Waals surface area contributed by atoms with Crippen LogP contribution < -0.4 is 5.56 Å². The van der Waals surface area contributed by atoms with Gasteiger partial charge in [-0.3, -0.25) is 4.79 Å². The lowest BCUT2D eigenvalue weighted by Crippen LogP contribution is -2.03. The minimum absolute atomic E-state index is 0.0995. The van der Waals surface area contributed by atoms with Gasteiger partial charge >= 0.3 is 0 Å². The summed E-state index contributed by atoms with van der Waals surface area (Å²) < 4.78 is 0. The van der Waals surface area contributed by atoms with Gasteiger partial charge in [0.25, 0.3) is 5.56 Å². The molecule has 0 aromatic carbocycles. The van der Waals surface area contributed by atoms with Crippen LogP contribution in [0.25, 0.3) is 0 Å². The topological polar surface area (TPSA) is 45.8 Å². The highest BCUT2D eigenvalue weighted by Crippen LogP contribution is 1.77. The largest absolute Gasteiger partial charge is 0.313 e. The van der Waals surface area contributed by atoms with E-state index in [1.807, 2.05) is 13.8 Å². The van der Waals surface area contributed by atoms with Crippen LogP contribution in [0.2, 0.25) is 0 Å². The van der Waals surface area contributed by atoms with Crippen LogP contribution >= 0.6 is 0 Å². The first-order valence-corrected chi connectivity index (χ1v) is 3.30. The van der Waals surface area contributed by atoms with Gasteiger partial charge in [-0.2, -0.15) is 0 Å². The molecule has 0 fully saturated rings. The van der Waals surface area contributed by atoms with Crippen LogP contribution in [0.5, 0.6) is 0 Å². The van der Waals surface area contributed by atoms with E-state index in [1.165, 1.54) is 12.4 Å². The van der Waals surface area contributed by atoms with Crippen LogP contribution in [0.3, 0.4) is 0 Å². The summed E-state index contributed by atoms with van der Waals surface area (Å²) >= 11 is 0. The third-order valence-electron chi connectivity index (χ3n) is 0.815. The molecule has 0 aliphatic rings. The number of hydrogen-bond donors (Lipinski definition) is 1. The molecular weight excluding hydrogens is 128 g/mol. The van der Waals surface area contributed by atoms with Crippen molar-refractivity contribution in [3.8, 4) is 0 Å². The van der Waals surface area contributed by atoms with E-state index in [9.17, 15) is 4.79 Å². The van der Waals surface area contributed by atoms with Crippen molar-refractivity contribution in [1.82, 2.24) is 9.97 Å². The molecule has 1 rings (SSSR count). The zero-order valence-electron chi connectivity index (χ0n) is 6.51. The van der Waals surface area contributed by atoms with Crippen LogP contribution in [0.4, 0.5) is 0 Å². The minimum atomic E-state index is -0.0995. The number of nitrogens with one attached hydrogen (secondary N) is 1. The fourth-order valence-corrected chi connectivity index (χ4v) is 0.466. The van der Waals surface area contributed by atoms with Gasteiger partial charge in [0, 0.05) is 11.8 Å². The van der Waals surface area contributed by atoms with Crippen molar-refractivity contribution in [1.29, 1.82) is 0 Å². The zero-order valence-corrected chi connectivity index (χ0v) is 6.51. The van der Waals surface area contributed by atoms with Crippen LogP contribution in [0.15, 0.2) is 17.2 Å². The van der Waals surface area contributed by atoms with Crippen LogP contribution in [-0.4, -0.2) is 9.97 Å².